The monoisotopic (exact) mass is 419 g/mol. The number of carbonyl (C=O) groups is 2. The molecule has 1 amide bonds. The number of amides is 1. The Balaban J connectivity index is 1.87. The fourth-order valence-corrected chi connectivity index (χ4v) is 4.05. The van der Waals surface area contributed by atoms with Gasteiger partial charge in [-0.2, -0.15) is 0 Å². The van der Waals surface area contributed by atoms with E-state index < -0.39 is 21.8 Å². The van der Waals surface area contributed by atoms with Crippen LogP contribution in [0.25, 0.3) is 0 Å². The topological polar surface area (TPSA) is 98.8 Å². The number of methoxy groups -OCH3 is 1. The zero-order valence-corrected chi connectivity index (χ0v) is 17.3. The van der Waals surface area contributed by atoms with Gasteiger partial charge in [-0.05, 0) is 36.2 Å². The van der Waals surface area contributed by atoms with Crippen molar-refractivity contribution < 1.29 is 27.5 Å². The van der Waals surface area contributed by atoms with Gasteiger partial charge in [0.15, 0.2) is 9.84 Å². The van der Waals surface area contributed by atoms with E-state index in [2.05, 4.69) is 5.32 Å². The van der Waals surface area contributed by atoms with Gasteiger partial charge in [0, 0.05) is 6.92 Å². The second-order valence-electron chi connectivity index (χ2n) is 6.44. The highest BCUT2D eigenvalue weighted by Crippen LogP contribution is 2.21. The zero-order chi connectivity index (χ0) is 21.3. The summed E-state index contributed by atoms with van der Waals surface area (Å²) in [5.74, 6) is -0.237. The standard InChI is InChI=1S/C21H25NO6S/c1-16(23)22-20(17-9-11-18(27-2)12-10-17)15-21(24)28-13-6-14-29(25,26)19-7-4-3-5-8-19/h3-5,7-12,20H,6,13-15H2,1-2H3,(H,22,23). The normalized spacial score (nSPS) is 12.1. The summed E-state index contributed by atoms with van der Waals surface area (Å²) in [6, 6.07) is 14.6. The number of carbonyl (C=O) groups excluding carboxylic acids is 2. The summed E-state index contributed by atoms with van der Waals surface area (Å²) in [6.45, 7) is 1.36. The van der Waals surface area contributed by atoms with Gasteiger partial charge in [-0.1, -0.05) is 30.3 Å². The van der Waals surface area contributed by atoms with E-state index in [0.717, 1.165) is 5.56 Å². The van der Waals surface area contributed by atoms with Gasteiger partial charge in [-0.3, -0.25) is 9.59 Å². The number of nitrogens with one attached hydrogen (secondary N) is 1. The first-order valence-electron chi connectivity index (χ1n) is 9.16. The van der Waals surface area contributed by atoms with E-state index in [9.17, 15) is 18.0 Å². The SMILES string of the molecule is COc1ccc(C(CC(=O)OCCCS(=O)(=O)c2ccccc2)NC(C)=O)cc1. The first-order chi connectivity index (χ1) is 13.8. The van der Waals surface area contributed by atoms with E-state index in [1.54, 1.807) is 49.6 Å². The molecule has 156 valence electrons. The second kappa shape index (κ2) is 10.6. The van der Waals surface area contributed by atoms with Gasteiger partial charge in [-0.15, -0.1) is 0 Å². The molecule has 0 aliphatic rings. The van der Waals surface area contributed by atoms with Crippen molar-refractivity contribution in [3.05, 3.63) is 60.2 Å². The molecule has 1 N–H and O–H groups in total. The van der Waals surface area contributed by atoms with Crippen LogP contribution in [0, 0.1) is 0 Å². The molecule has 2 rings (SSSR count). The molecular formula is C21H25NO6S. The number of hydrogen-bond donors (Lipinski definition) is 1. The van der Waals surface area contributed by atoms with Crippen molar-refractivity contribution in [1.82, 2.24) is 5.32 Å². The Labute approximate surface area is 170 Å². The van der Waals surface area contributed by atoms with E-state index in [-0.39, 0.29) is 36.0 Å². The van der Waals surface area contributed by atoms with E-state index in [4.69, 9.17) is 9.47 Å². The lowest BCUT2D eigenvalue weighted by atomic mass is 10.0. The first-order valence-corrected chi connectivity index (χ1v) is 10.8. The summed E-state index contributed by atoms with van der Waals surface area (Å²) in [4.78, 5) is 23.9. The smallest absolute Gasteiger partial charge is 0.308 e. The van der Waals surface area contributed by atoms with Gasteiger partial charge in [0.25, 0.3) is 0 Å². The van der Waals surface area contributed by atoms with Crippen molar-refractivity contribution in [2.24, 2.45) is 0 Å². The molecule has 0 aromatic heterocycles. The number of hydrogen-bond acceptors (Lipinski definition) is 6. The predicted octanol–water partition coefficient (Wildman–Crippen LogP) is 2.67. The minimum Gasteiger partial charge on any atom is -0.497 e. The molecule has 0 bridgehead atoms. The maximum atomic E-state index is 12.2. The number of esters is 1. The van der Waals surface area contributed by atoms with Crippen LogP contribution in [0.15, 0.2) is 59.5 Å². The molecule has 8 heteroatoms. The van der Waals surface area contributed by atoms with Crippen LogP contribution in [0.5, 0.6) is 5.75 Å². The minimum atomic E-state index is -3.41. The lowest BCUT2D eigenvalue weighted by molar-refractivity contribution is -0.144. The van der Waals surface area contributed by atoms with Crippen LogP contribution >= 0.6 is 0 Å². The summed E-state index contributed by atoms with van der Waals surface area (Å²) in [5.41, 5.74) is 0.740. The quantitative estimate of drug-likeness (QED) is 0.470. The third-order valence-corrected chi connectivity index (χ3v) is 6.01. The van der Waals surface area contributed by atoms with Crippen molar-refractivity contribution in [1.29, 1.82) is 0 Å². The minimum absolute atomic E-state index is 0.0136. The summed E-state index contributed by atoms with van der Waals surface area (Å²) in [5, 5.41) is 2.72. The highest BCUT2D eigenvalue weighted by Gasteiger charge is 2.19. The van der Waals surface area contributed by atoms with Crippen molar-refractivity contribution in [2.75, 3.05) is 19.5 Å². The molecule has 0 fully saturated rings. The van der Waals surface area contributed by atoms with Gasteiger partial charge in [0.05, 0.1) is 36.8 Å². The maximum absolute atomic E-state index is 12.2. The van der Waals surface area contributed by atoms with Gasteiger partial charge in [0.2, 0.25) is 5.91 Å². The zero-order valence-electron chi connectivity index (χ0n) is 16.5. The van der Waals surface area contributed by atoms with Crippen LogP contribution in [-0.2, 0) is 24.2 Å². The fraction of sp³-hybridized carbons (Fsp3) is 0.333. The van der Waals surface area contributed by atoms with Crippen molar-refractivity contribution in [3.8, 4) is 5.75 Å². The molecule has 1 atom stereocenters. The van der Waals surface area contributed by atoms with Crippen LogP contribution in [0.4, 0.5) is 0 Å². The number of benzene rings is 2. The van der Waals surface area contributed by atoms with E-state index in [1.807, 2.05) is 0 Å². The predicted molar refractivity (Wildman–Crippen MR) is 108 cm³/mol. The molecule has 2 aromatic rings. The Bertz CT molecular complexity index is 910. The Morgan fingerprint density at radius 1 is 1.03 bits per heavy atom. The summed E-state index contributed by atoms with van der Waals surface area (Å²) in [7, 11) is -1.86. The number of ether oxygens (including phenoxy) is 2. The van der Waals surface area contributed by atoms with Crippen molar-refractivity contribution in [2.45, 2.75) is 30.7 Å². The third kappa shape index (κ3) is 7.23. The van der Waals surface area contributed by atoms with E-state index in [1.165, 1.54) is 19.1 Å². The molecular weight excluding hydrogens is 394 g/mol. The molecule has 7 nitrogen and oxygen atoms in total. The lowest BCUT2D eigenvalue weighted by Crippen LogP contribution is -2.28. The van der Waals surface area contributed by atoms with Gasteiger partial charge in [0.1, 0.15) is 5.75 Å². The summed E-state index contributed by atoms with van der Waals surface area (Å²) < 4.78 is 34.7. The highest BCUT2D eigenvalue weighted by atomic mass is 32.2. The Morgan fingerprint density at radius 3 is 2.28 bits per heavy atom. The van der Waals surface area contributed by atoms with Crippen LogP contribution < -0.4 is 10.1 Å². The largest absolute Gasteiger partial charge is 0.497 e. The first kappa shape index (κ1) is 22.4. The summed E-state index contributed by atoms with van der Waals surface area (Å²) >= 11 is 0. The Morgan fingerprint density at radius 2 is 1.69 bits per heavy atom. The molecule has 1 unspecified atom stereocenters. The van der Waals surface area contributed by atoms with E-state index in [0.29, 0.717) is 5.75 Å². The lowest BCUT2D eigenvalue weighted by Gasteiger charge is -2.18. The van der Waals surface area contributed by atoms with Gasteiger partial charge >= 0.3 is 5.97 Å². The average molecular weight is 419 g/mol. The molecule has 0 radical (unpaired) electrons. The fourth-order valence-electron chi connectivity index (χ4n) is 2.74. The van der Waals surface area contributed by atoms with Crippen LogP contribution in [-0.4, -0.2) is 39.8 Å². The second-order valence-corrected chi connectivity index (χ2v) is 8.55. The van der Waals surface area contributed by atoms with Crippen molar-refractivity contribution >= 4 is 21.7 Å². The number of rotatable bonds is 10. The molecule has 0 spiro atoms. The highest BCUT2D eigenvalue weighted by molar-refractivity contribution is 7.91. The number of sulfone groups is 1. The average Bonchev–Trinajstić information content (AvgIpc) is 2.71. The van der Waals surface area contributed by atoms with Crippen LogP contribution in [0.1, 0.15) is 31.4 Å². The molecule has 0 saturated heterocycles. The third-order valence-electron chi connectivity index (χ3n) is 4.19. The molecule has 0 saturated carbocycles. The van der Waals surface area contributed by atoms with Crippen LogP contribution in [0.2, 0.25) is 0 Å². The van der Waals surface area contributed by atoms with Crippen LogP contribution in [0.3, 0.4) is 0 Å². The van der Waals surface area contributed by atoms with Gasteiger partial charge < -0.3 is 14.8 Å². The maximum Gasteiger partial charge on any atom is 0.308 e. The molecule has 2 aromatic carbocycles. The molecule has 0 aliphatic heterocycles. The summed E-state index contributed by atoms with van der Waals surface area (Å²) in [6.07, 6.45) is 0.133. The van der Waals surface area contributed by atoms with E-state index >= 15 is 0 Å². The van der Waals surface area contributed by atoms with Gasteiger partial charge in [-0.25, -0.2) is 8.42 Å². The van der Waals surface area contributed by atoms with Crippen molar-refractivity contribution in [3.63, 3.8) is 0 Å². The molecule has 0 aliphatic carbocycles. The Kier molecular flexibility index (Phi) is 8.21. The molecule has 0 heterocycles. The Hall–Kier alpha value is -2.87. The molecule has 29 heavy (non-hydrogen) atoms.